The number of aryl methyl sites for hydroxylation is 2. The van der Waals surface area contributed by atoms with E-state index in [4.69, 9.17) is 4.42 Å². The largest absolute Gasteiger partial charge is 0.469 e. The van der Waals surface area contributed by atoms with Crippen molar-refractivity contribution in [1.29, 1.82) is 0 Å². The summed E-state index contributed by atoms with van der Waals surface area (Å²) in [4.78, 5) is 16.6. The third-order valence-corrected chi connectivity index (χ3v) is 3.80. The molecule has 0 saturated carbocycles. The lowest BCUT2D eigenvalue weighted by Gasteiger charge is -2.19. The number of aromatic nitrogens is 2. The highest BCUT2D eigenvalue weighted by molar-refractivity contribution is 5.77. The van der Waals surface area contributed by atoms with Crippen LogP contribution in [0.2, 0.25) is 0 Å². The molecule has 1 aromatic carbocycles. The van der Waals surface area contributed by atoms with Gasteiger partial charge in [0.2, 0.25) is 5.91 Å². The molecule has 0 fully saturated rings. The molecule has 2 aromatic heterocycles. The van der Waals surface area contributed by atoms with Gasteiger partial charge in [-0.25, -0.2) is 9.37 Å². The SMILES string of the molecule is Cn1ccnc1C(NC(=O)CCc1ccco1)c1ccc(F)cc1. The molecule has 5 nitrogen and oxygen atoms in total. The van der Waals surface area contributed by atoms with Crippen LogP contribution in [0.25, 0.3) is 0 Å². The molecule has 3 aromatic rings. The Hall–Kier alpha value is -2.89. The van der Waals surface area contributed by atoms with Crippen LogP contribution in [0.3, 0.4) is 0 Å². The molecule has 0 bridgehead atoms. The molecule has 0 aliphatic rings. The smallest absolute Gasteiger partial charge is 0.221 e. The zero-order valence-corrected chi connectivity index (χ0v) is 13.3. The van der Waals surface area contributed by atoms with Crippen molar-refractivity contribution in [1.82, 2.24) is 14.9 Å². The third-order valence-electron chi connectivity index (χ3n) is 3.80. The lowest BCUT2D eigenvalue weighted by molar-refractivity contribution is -0.121. The second-order valence-electron chi connectivity index (χ2n) is 5.53. The highest BCUT2D eigenvalue weighted by atomic mass is 19.1. The Kier molecular flexibility index (Phi) is 4.74. The number of carbonyl (C=O) groups is 1. The molecule has 1 N–H and O–H groups in total. The second kappa shape index (κ2) is 7.12. The van der Waals surface area contributed by atoms with Crippen molar-refractivity contribution < 1.29 is 13.6 Å². The number of carbonyl (C=O) groups excluding carboxylic acids is 1. The van der Waals surface area contributed by atoms with Crippen LogP contribution in [0, 0.1) is 5.82 Å². The molecule has 0 spiro atoms. The maximum Gasteiger partial charge on any atom is 0.221 e. The van der Waals surface area contributed by atoms with Crippen molar-refractivity contribution >= 4 is 5.91 Å². The molecule has 24 heavy (non-hydrogen) atoms. The maximum atomic E-state index is 13.2. The summed E-state index contributed by atoms with van der Waals surface area (Å²) in [5.41, 5.74) is 0.775. The van der Waals surface area contributed by atoms with E-state index in [1.807, 2.05) is 17.7 Å². The van der Waals surface area contributed by atoms with E-state index in [0.29, 0.717) is 18.7 Å². The molecule has 0 radical (unpaired) electrons. The zero-order valence-electron chi connectivity index (χ0n) is 13.3. The molecule has 0 saturated heterocycles. The first kappa shape index (κ1) is 16.0. The number of amides is 1. The predicted molar refractivity (Wildman–Crippen MR) is 86.6 cm³/mol. The van der Waals surface area contributed by atoms with Crippen molar-refractivity contribution in [3.8, 4) is 0 Å². The van der Waals surface area contributed by atoms with E-state index >= 15 is 0 Å². The lowest BCUT2D eigenvalue weighted by atomic mass is 10.1. The van der Waals surface area contributed by atoms with Gasteiger partial charge in [-0.2, -0.15) is 0 Å². The normalized spacial score (nSPS) is 12.1. The summed E-state index contributed by atoms with van der Waals surface area (Å²) in [5, 5.41) is 2.97. The Balaban J connectivity index is 1.76. The minimum absolute atomic E-state index is 0.122. The predicted octanol–water partition coefficient (Wildman–Crippen LogP) is 2.99. The quantitative estimate of drug-likeness (QED) is 0.757. The van der Waals surface area contributed by atoms with E-state index in [1.165, 1.54) is 12.1 Å². The topological polar surface area (TPSA) is 60.1 Å². The first-order valence-electron chi connectivity index (χ1n) is 7.68. The number of imidazole rings is 1. The summed E-state index contributed by atoms with van der Waals surface area (Å²) >= 11 is 0. The number of halogens is 1. The van der Waals surface area contributed by atoms with Gasteiger partial charge in [-0.3, -0.25) is 4.79 Å². The van der Waals surface area contributed by atoms with Crippen molar-refractivity contribution in [2.45, 2.75) is 18.9 Å². The fraction of sp³-hybridized carbons (Fsp3) is 0.222. The molecule has 3 rings (SSSR count). The Morgan fingerprint density at radius 3 is 2.75 bits per heavy atom. The summed E-state index contributed by atoms with van der Waals surface area (Å²) < 4.78 is 20.3. The zero-order chi connectivity index (χ0) is 16.9. The van der Waals surface area contributed by atoms with Crippen molar-refractivity contribution in [2.24, 2.45) is 7.05 Å². The van der Waals surface area contributed by atoms with Crippen LogP contribution in [0.4, 0.5) is 4.39 Å². The van der Waals surface area contributed by atoms with E-state index < -0.39 is 6.04 Å². The lowest BCUT2D eigenvalue weighted by Crippen LogP contribution is -2.31. The minimum atomic E-state index is -0.435. The van der Waals surface area contributed by atoms with Gasteiger partial charge in [0, 0.05) is 32.3 Å². The fourth-order valence-corrected chi connectivity index (χ4v) is 2.53. The van der Waals surface area contributed by atoms with Gasteiger partial charge in [0.1, 0.15) is 23.4 Å². The summed E-state index contributed by atoms with van der Waals surface area (Å²) in [6, 6.07) is 9.25. The monoisotopic (exact) mass is 327 g/mol. The molecule has 6 heteroatoms. The first-order chi connectivity index (χ1) is 11.6. The number of furan rings is 1. The van der Waals surface area contributed by atoms with Crippen molar-refractivity contribution in [2.75, 3.05) is 0 Å². The number of rotatable bonds is 6. The van der Waals surface area contributed by atoms with Gasteiger partial charge in [0.25, 0.3) is 0 Å². The summed E-state index contributed by atoms with van der Waals surface area (Å²) in [7, 11) is 1.86. The van der Waals surface area contributed by atoms with Crippen LogP contribution in [0.5, 0.6) is 0 Å². The minimum Gasteiger partial charge on any atom is -0.469 e. The third kappa shape index (κ3) is 3.71. The van der Waals surface area contributed by atoms with E-state index in [0.717, 1.165) is 11.3 Å². The second-order valence-corrected chi connectivity index (χ2v) is 5.53. The molecular formula is C18H18FN3O2. The molecule has 0 aliphatic carbocycles. The number of hydrogen-bond acceptors (Lipinski definition) is 3. The maximum absolute atomic E-state index is 13.2. The first-order valence-corrected chi connectivity index (χ1v) is 7.68. The van der Waals surface area contributed by atoms with Gasteiger partial charge < -0.3 is 14.3 Å². The van der Waals surface area contributed by atoms with Gasteiger partial charge in [-0.05, 0) is 29.8 Å². The number of nitrogens with one attached hydrogen (secondary N) is 1. The van der Waals surface area contributed by atoms with Gasteiger partial charge >= 0.3 is 0 Å². The molecule has 1 amide bonds. The van der Waals surface area contributed by atoms with Crippen LogP contribution < -0.4 is 5.32 Å². The Labute approximate surface area is 139 Å². The van der Waals surface area contributed by atoms with Crippen LogP contribution in [0.15, 0.2) is 59.5 Å². The van der Waals surface area contributed by atoms with E-state index in [9.17, 15) is 9.18 Å². The molecule has 2 heterocycles. The van der Waals surface area contributed by atoms with Gasteiger partial charge in [-0.1, -0.05) is 12.1 Å². The number of nitrogens with zero attached hydrogens (tertiary/aromatic N) is 2. The average molecular weight is 327 g/mol. The number of benzene rings is 1. The Morgan fingerprint density at radius 1 is 1.33 bits per heavy atom. The molecule has 1 atom stereocenters. The van der Waals surface area contributed by atoms with Gasteiger partial charge in [-0.15, -0.1) is 0 Å². The fourth-order valence-electron chi connectivity index (χ4n) is 2.53. The summed E-state index contributed by atoms with van der Waals surface area (Å²) in [5.74, 6) is 1.01. The molecule has 0 aliphatic heterocycles. The summed E-state index contributed by atoms with van der Waals surface area (Å²) in [6.45, 7) is 0. The van der Waals surface area contributed by atoms with Crippen LogP contribution in [0.1, 0.15) is 29.6 Å². The van der Waals surface area contributed by atoms with E-state index in [2.05, 4.69) is 10.3 Å². The van der Waals surface area contributed by atoms with Crippen LogP contribution >= 0.6 is 0 Å². The van der Waals surface area contributed by atoms with Crippen molar-refractivity contribution in [3.05, 3.63) is 78.0 Å². The molecule has 1 unspecified atom stereocenters. The standard InChI is InChI=1S/C18H18FN3O2/c1-22-11-10-20-18(22)17(13-4-6-14(19)7-5-13)21-16(23)9-8-15-3-2-12-24-15/h2-7,10-12,17H,8-9H2,1H3,(H,21,23). The van der Waals surface area contributed by atoms with Gasteiger partial charge in [0.05, 0.1) is 6.26 Å². The average Bonchev–Trinajstić information content (AvgIpc) is 3.23. The Morgan fingerprint density at radius 2 is 2.12 bits per heavy atom. The van der Waals surface area contributed by atoms with Gasteiger partial charge in [0.15, 0.2) is 0 Å². The Bertz CT molecular complexity index is 794. The van der Waals surface area contributed by atoms with E-state index in [-0.39, 0.29) is 11.7 Å². The number of hydrogen-bond donors (Lipinski definition) is 1. The summed E-state index contributed by atoms with van der Waals surface area (Å²) in [6.07, 6.45) is 5.88. The van der Waals surface area contributed by atoms with Crippen LogP contribution in [-0.2, 0) is 18.3 Å². The van der Waals surface area contributed by atoms with Crippen LogP contribution in [-0.4, -0.2) is 15.5 Å². The molecule has 124 valence electrons. The molecular weight excluding hydrogens is 309 g/mol. The van der Waals surface area contributed by atoms with Crippen molar-refractivity contribution in [3.63, 3.8) is 0 Å². The highest BCUT2D eigenvalue weighted by Gasteiger charge is 2.20. The van der Waals surface area contributed by atoms with E-state index in [1.54, 1.807) is 36.9 Å². The highest BCUT2D eigenvalue weighted by Crippen LogP contribution is 2.21.